The predicted octanol–water partition coefficient (Wildman–Crippen LogP) is 0.00540. The molecule has 0 bridgehead atoms. The summed E-state index contributed by atoms with van der Waals surface area (Å²) in [5.74, 6) is -1.93. The molecule has 0 aliphatic rings. The summed E-state index contributed by atoms with van der Waals surface area (Å²) in [6, 6.07) is -1.38. The average molecular weight is 310 g/mol. The van der Waals surface area contributed by atoms with Crippen molar-refractivity contribution in [2.75, 3.05) is 6.54 Å². The molecule has 0 aromatic heterocycles. The van der Waals surface area contributed by atoms with Crippen molar-refractivity contribution in [3.63, 3.8) is 0 Å². The van der Waals surface area contributed by atoms with E-state index in [2.05, 4.69) is 4.72 Å². The lowest BCUT2D eigenvalue weighted by Gasteiger charge is -2.20. The predicted molar refractivity (Wildman–Crippen MR) is 72.2 cm³/mol. The second-order valence-corrected chi connectivity index (χ2v) is 6.67. The smallest absolute Gasteiger partial charge is 0.321 e. The van der Waals surface area contributed by atoms with Gasteiger partial charge in [-0.1, -0.05) is 6.92 Å². The molecule has 0 fully saturated rings. The molecule has 3 N–H and O–H groups in total. The molecule has 0 aliphatic heterocycles. The zero-order valence-corrected chi connectivity index (χ0v) is 12.9. The van der Waals surface area contributed by atoms with E-state index < -0.39 is 33.8 Å². The van der Waals surface area contributed by atoms with Gasteiger partial charge < -0.3 is 9.84 Å². The molecular weight excluding hydrogens is 288 g/mol. The molecule has 118 valence electrons. The number of hydrogen-bond donors (Lipinski definition) is 3. The minimum Gasteiger partial charge on any atom is -0.480 e. The minimum absolute atomic E-state index is 0.133. The van der Waals surface area contributed by atoms with E-state index in [0.29, 0.717) is 0 Å². The first kappa shape index (κ1) is 18.8. The van der Waals surface area contributed by atoms with Gasteiger partial charge in [-0.15, -0.1) is 0 Å². The number of carbonyl (C=O) groups is 2. The molecule has 0 saturated heterocycles. The molecule has 9 heteroatoms. The maximum atomic E-state index is 11.5. The standard InChI is InChI=1S/C11H22N2O6S/c1-5-12-20(17,18)13-8(10(15)16)6-7-9(14)19-11(2,3)4/h8,12-13H,5-7H2,1-4H3,(H,15,16)/t8-/m1/s1. The highest BCUT2D eigenvalue weighted by Gasteiger charge is 2.25. The van der Waals surface area contributed by atoms with Gasteiger partial charge in [0.2, 0.25) is 0 Å². The zero-order valence-electron chi connectivity index (χ0n) is 12.1. The topological polar surface area (TPSA) is 122 Å². The van der Waals surface area contributed by atoms with Crippen LogP contribution < -0.4 is 9.44 Å². The maximum absolute atomic E-state index is 11.5. The van der Waals surface area contributed by atoms with Gasteiger partial charge in [0.1, 0.15) is 11.6 Å². The molecule has 1 atom stereocenters. The summed E-state index contributed by atoms with van der Waals surface area (Å²) in [4.78, 5) is 22.4. The number of carboxylic acids is 1. The first-order valence-corrected chi connectivity index (χ1v) is 7.66. The maximum Gasteiger partial charge on any atom is 0.321 e. The van der Waals surface area contributed by atoms with Crippen molar-refractivity contribution in [3.05, 3.63) is 0 Å². The number of nitrogens with one attached hydrogen (secondary N) is 2. The Bertz CT molecular complexity index is 440. The van der Waals surface area contributed by atoms with Gasteiger partial charge in [-0.3, -0.25) is 9.59 Å². The largest absolute Gasteiger partial charge is 0.480 e. The van der Waals surface area contributed by atoms with E-state index in [1.54, 1.807) is 27.7 Å². The van der Waals surface area contributed by atoms with Gasteiger partial charge in [0.25, 0.3) is 10.2 Å². The van der Waals surface area contributed by atoms with Gasteiger partial charge in [0.15, 0.2) is 0 Å². The molecular formula is C11H22N2O6S. The number of rotatable bonds is 8. The molecule has 8 nitrogen and oxygen atoms in total. The Morgan fingerprint density at radius 1 is 1.30 bits per heavy atom. The van der Waals surface area contributed by atoms with Crippen LogP contribution in [0.4, 0.5) is 0 Å². The molecule has 0 unspecified atom stereocenters. The van der Waals surface area contributed by atoms with Gasteiger partial charge in [0.05, 0.1) is 0 Å². The third-order valence-corrected chi connectivity index (χ3v) is 3.25. The van der Waals surface area contributed by atoms with Crippen molar-refractivity contribution in [2.45, 2.75) is 52.2 Å². The van der Waals surface area contributed by atoms with Crippen LogP contribution in [0.25, 0.3) is 0 Å². The van der Waals surface area contributed by atoms with Crippen LogP contribution in [0.15, 0.2) is 0 Å². The molecule has 0 rings (SSSR count). The Kier molecular flexibility index (Phi) is 7.11. The number of hydrogen-bond acceptors (Lipinski definition) is 5. The van der Waals surface area contributed by atoms with E-state index in [-0.39, 0.29) is 19.4 Å². The summed E-state index contributed by atoms with van der Waals surface area (Å²) in [6.45, 7) is 6.76. The van der Waals surface area contributed by atoms with Gasteiger partial charge in [-0.25, -0.2) is 4.72 Å². The number of carbonyl (C=O) groups excluding carboxylic acids is 1. The van der Waals surface area contributed by atoms with Crippen molar-refractivity contribution in [3.8, 4) is 0 Å². The van der Waals surface area contributed by atoms with Crippen LogP contribution in [0.5, 0.6) is 0 Å². The van der Waals surface area contributed by atoms with Crippen molar-refractivity contribution in [1.82, 2.24) is 9.44 Å². The first-order valence-electron chi connectivity index (χ1n) is 6.18. The van der Waals surface area contributed by atoms with Crippen LogP contribution in [-0.2, 0) is 24.5 Å². The van der Waals surface area contributed by atoms with Crippen LogP contribution in [0.1, 0.15) is 40.5 Å². The zero-order chi connectivity index (χ0) is 16.0. The lowest BCUT2D eigenvalue weighted by atomic mass is 10.1. The van der Waals surface area contributed by atoms with Crippen LogP contribution in [0, 0.1) is 0 Å². The molecule has 0 saturated carbocycles. The van der Waals surface area contributed by atoms with E-state index in [1.165, 1.54) is 0 Å². The fraction of sp³-hybridized carbons (Fsp3) is 0.818. The molecule has 0 aromatic carbocycles. The summed E-state index contributed by atoms with van der Waals surface area (Å²) in [5.41, 5.74) is -0.668. The lowest BCUT2D eigenvalue weighted by molar-refractivity contribution is -0.155. The highest BCUT2D eigenvalue weighted by Crippen LogP contribution is 2.10. The van der Waals surface area contributed by atoms with E-state index in [1.807, 2.05) is 4.72 Å². The SMILES string of the molecule is CCNS(=O)(=O)N[C@H](CCC(=O)OC(C)(C)C)C(=O)O. The molecule has 0 spiro atoms. The number of esters is 1. The first-order chi connectivity index (χ1) is 8.97. The Balaban J connectivity index is 4.51. The summed E-state index contributed by atoms with van der Waals surface area (Å²) in [6.07, 6.45) is -0.377. The summed E-state index contributed by atoms with van der Waals surface area (Å²) >= 11 is 0. The Labute approximate surface area is 119 Å². The van der Waals surface area contributed by atoms with Gasteiger partial charge >= 0.3 is 11.9 Å². The Hall–Kier alpha value is -1.19. The van der Waals surface area contributed by atoms with Crippen molar-refractivity contribution >= 4 is 22.1 Å². The molecule has 0 radical (unpaired) electrons. The van der Waals surface area contributed by atoms with Crippen LogP contribution in [0.3, 0.4) is 0 Å². The van der Waals surface area contributed by atoms with E-state index in [4.69, 9.17) is 9.84 Å². The van der Waals surface area contributed by atoms with E-state index >= 15 is 0 Å². The van der Waals surface area contributed by atoms with Crippen molar-refractivity contribution in [2.24, 2.45) is 0 Å². The normalized spacial score (nSPS) is 13.8. The fourth-order valence-electron chi connectivity index (χ4n) is 1.31. The summed E-state index contributed by atoms with van der Waals surface area (Å²) in [5, 5.41) is 8.94. The second-order valence-electron chi connectivity index (χ2n) is 5.14. The van der Waals surface area contributed by atoms with Crippen molar-refractivity contribution in [1.29, 1.82) is 0 Å². The number of aliphatic carboxylic acids is 1. The third kappa shape index (κ3) is 8.83. The van der Waals surface area contributed by atoms with E-state index in [9.17, 15) is 18.0 Å². The van der Waals surface area contributed by atoms with Crippen molar-refractivity contribution < 1.29 is 27.9 Å². The van der Waals surface area contributed by atoms with Crippen LogP contribution >= 0.6 is 0 Å². The lowest BCUT2D eigenvalue weighted by Crippen LogP contribution is -2.46. The molecule has 0 amide bonds. The molecule has 0 aromatic rings. The van der Waals surface area contributed by atoms with Crippen LogP contribution in [-0.4, -0.2) is 43.7 Å². The summed E-state index contributed by atoms with van der Waals surface area (Å²) < 4.78 is 31.9. The highest BCUT2D eigenvalue weighted by atomic mass is 32.2. The number of ether oxygens (including phenoxy) is 1. The highest BCUT2D eigenvalue weighted by molar-refractivity contribution is 7.87. The summed E-state index contributed by atoms with van der Waals surface area (Å²) in [7, 11) is -3.89. The van der Waals surface area contributed by atoms with Gasteiger partial charge in [0, 0.05) is 13.0 Å². The van der Waals surface area contributed by atoms with E-state index in [0.717, 1.165) is 0 Å². The average Bonchev–Trinajstić information content (AvgIpc) is 2.21. The quantitative estimate of drug-likeness (QED) is 0.543. The monoisotopic (exact) mass is 310 g/mol. The third-order valence-electron chi connectivity index (χ3n) is 1.99. The Morgan fingerprint density at radius 2 is 1.85 bits per heavy atom. The second kappa shape index (κ2) is 7.55. The van der Waals surface area contributed by atoms with Gasteiger partial charge in [-0.2, -0.15) is 13.1 Å². The Morgan fingerprint density at radius 3 is 2.25 bits per heavy atom. The minimum atomic E-state index is -3.89. The number of carboxylic acid groups (broad SMARTS) is 1. The van der Waals surface area contributed by atoms with Gasteiger partial charge in [-0.05, 0) is 27.2 Å². The molecule has 20 heavy (non-hydrogen) atoms. The molecule has 0 aliphatic carbocycles. The molecule has 0 heterocycles. The fourth-order valence-corrected chi connectivity index (χ4v) is 2.36. The van der Waals surface area contributed by atoms with Crippen LogP contribution in [0.2, 0.25) is 0 Å².